The molecule has 0 spiro atoms. The molecule has 0 radical (unpaired) electrons. The van der Waals surface area contributed by atoms with Gasteiger partial charge in [-0.3, -0.25) is 0 Å². The molecule has 0 saturated heterocycles. The third-order valence-electron chi connectivity index (χ3n) is 1.38. The van der Waals surface area contributed by atoms with Crippen molar-refractivity contribution in [3.8, 4) is 0 Å². The first-order valence-corrected chi connectivity index (χ1v) is 3.37. The van der Waals surface area contributed by atoms with Crippen LogP contribution in [-0.2, 0) is 11.2 Å². The van der Waals surface area contributed by atoms with Crippen LogP contribution in [0.2, 0.25) is 0 Å². The lowest BCUT2D eigenvalue weighted by Crippen LogP contribution is -1.92. The van der Waals surface area contributed by atoms with E-state index in [1.54, 1.807) is 19.2 Å². The van der Waals surface area contributed by atoms with Crippen LogP contribution < -0.4 is 0 Å². The number of methoxy groups -OCH3 is 1. The van der Waals surface area contributed by atoms with Gasteiger partial charge in [0.25, 0.3) is 0 Å². The van der Waals surface area contributed by atoms with Gasteiger partial charge in [-0.1, -0.05) is 30.3 Å². The van der Waals surface area contributed by atoms with Crippen molar-refractivity contribution in [2.75, 3.05) is 13.7 Å². The zero-order valence-corrected chi connectivity index (χ0v) is 6.13. The Bertz CT molecular complexity index is 205. The predicted octanol–water partition coefficient (Wildman–Crippen LogP) is 1.88. The molecule has 0 aromatic heterocycles. The molecule has 1 aromatic rings. The molecule has 1 nitrogen and oxygen atoms in total. The van der Waals surface area contributed by atoms with Gasteiger partial charge in [-0.2, -0.15) is 0 Å². The molecule has 54 valence electrons. The highest BCUT2D eigenvalue weighted by atomic mass is 16.5. The summed E-state index contributed by atoms with van der Waals surface area (Å²) in [6.45, 7) is 0.747. The molecule has 0 heterocycles. The fraction of sp³-hybridized carbons (Fsp3) is 0.333. The lowest BCUT2D eigenvalue weighted by Gasteiger charge is -1.97. The lowest BCUT2D eigenvalue weighted by molar-refractivity contribution is 0.202. The molecule has 1 heteroatoms. The van der Waals surface area contributed by atoms with Crippen LogP contribution in [0.25, 0.3) is 0 Å². The van der Waals surface area contributed by atoms with E-state index in [1.807, 2.05) is 12.1 Å². The third-order valence-corrected chi connectivity index (χ3v) is 1.38. The third kappa shape index (κ3) is 2.19. The summed E-state index contributed by atoms with van der Waals surface area (Å²) in [5.74, 6) is 0. The van der Waals surface area contributed by atoms with Crippen LogP contribution >= 0.6 is 0 Å². The van der Waals surface area contributed by atoms with Crippen molar-refractivity contribution in [3.63, 3.8) is 0 Å². The minimum atomic E-state index is 0.561. The normalized spacial score (nSPS) is 11.1. The molecule has 0 bridgehead atoms. The van der Waals surface area contributed by atoms with E-state index in [0.717, 1.165) is 13.0 Å². The Labute approximate surface area is 63.0 Å². The van der Waals surface area contributed by atoms with Crippen molar-refractivity contribution in [1.82, 2.24) is 0 Å². The van der Waals surface area contributed by atoms with Crippen LogP contribution in [0.1, 0.15) is 6.93 Å². The fourth-order valence-electron chi connectivity index (χ4n) is 0.808. The summed E-state index contributed by atoms with van der Waals surface area (Å²) in [5, 5.41) is 0. The average Bonchev–Trinajstić information content (AvgIpc) is 2.04. The van der Waals surface area contributed by atoms with Crippen LogP contribution in [0.3, 0.4) is 0 Å². The van der Waals surface area contributed by atoms with Gasteiger partial charge in [0.1, 0.15) is 0 Å². The molecule has 1 rings (SSSR count). The molecule has 0 aliphatic carbocycles. The van der Waals surface area contributed by atoms with Crippen molar-refractivity contribution in [3.05, 3.63) is 35.9 Å². The summed E-state index contributed by atoms with van der Waals surface area (Å²) in [7, 11) is 1.69. The first kappa shape index (κ1) is 5.93. The van der Waals surface area contributed by atoms with E-state index >= 15 is 0 Å². The fourth-order valence-corrected chi connectivity index (χ4v) is 0.808. The number of benzene rings is 1. The minimum Gasteiger partial charge on any atom is -0.384 e. The molecule has 0 aliphatic rings. The van der Waals surface area contributed by atoms with E-state index < -0.39 is 0 Å². The van der Waals surface area contributed by atoms with E-state index in [9.17, 15) is 0 Å². The van der Waals surface area contributed by atoms with Crippen molar-refractivity contribution in [1.29, 1.82) is 0 Å². The van der Waals surface area contributed by atoms with Crippen molar-refractivity contribution >= 4 is 0 Å². The Morgan fingerprint density at radius 2 is 2.20 bits per heavy atom. The van der Waals surface area contributed by atoms with Gasteiger partial charge in [0, 0.05) is 7.11 Å². The Morgan fingerprint density at radius 3 is 2.80 bits per heavy atom. The van der Waals surface area contributed by atoms with Gasteiger partial charge in [0.05, 0.1) is 7.98 Å². The van der Waals surface area contributed by atoms with E-state index in [0.29, 0.717) is 6.04 Å². The molecule has 0 saturated carbocycles. The maximum atomic E-state index is 7.24. The highest BCUT2D eigenvalue weighted by Gasteiger charge is 1.87. The van der Waals surface area contributed by atoms with Crippen LogP contribution in [-0.4, -0.2) is 13.7 Å². The Kier molecular flexibility index (Phi) is 2.41. The van der Waals surface area contributed by atoms with Gasteiger partial charge < -0.3 is 4.74 Å². The molecule has 0 unspecified atom stereocenters. The van der Waals surface area contributed by atoms with Crippen LogP contribution in [0, 0.1) is 0 Å². The standard InChI is InChI=1S/C9H12O/c1-10-8-7-9-5-3-2-4-6-9/h2-6H,7-8H2,1H3/i2T. The number of ether oxygens (including phenoxy) is 1. The molecule has 0 fully saturated rings. The summed E-state index contributed by atoms with van der Waals surface area (Å²) in [4.78, 5) is 0. The molecular formula is C9H12O. The van der Waals surface area contributed by atoms with Gasteiger partial charge in [0.15, 0.2) is 0 Å². The SMILES string of the molecule is [3H]c1ccc(CCOC)cc1. The smallest absolute Gasteiger partial charge is 0.0623 e. The molecule has 10 heavy (non-hydrogen) atoms. The monoisotopic (exact) mass is 138 g/mol. The van der Waals surface area contributed by atoms with Crippen molar-refractivity contribution in [2.24, 2.45) is 0 Å². The van der Waals surface area contributed by atoms with E-state index in [4.69, 9.17) is 6.11 Å². The molecule has 0 N–H and O–H groups in total. The summed E-state index contributed by atoms with van der Waals surface area (Å²) in [6.07, 6.45) is 0.927. The zero-order chi connectivity index (χ0) is 8.10. The van der Waals surface area contributed by atoms with Gasteiger partial charge in [-0.25, -0.2) is 0 Å². The van der Waals surface area contributed by atoms with E-state index in [1.165, 1.54) is 5.56 Å². The summed E-state index contributed by atoms with van der Waals surface area (Å²) < 4.78 is 12.2. The zero-order valence-electron chi connectivity index (χ0n) is 7.13. The maximum absolute atomic E-state index is 7.24. The minimum absolute atomic E-state index is 0.561. The first-order valence-electron chi connectivity index (χ1n) is 3.87. The highest BCUT2D eigenvalue weighted by Crippen LogP contribution is 1.98. The average molecular weight is 138 g/mol. The second kappa shape index (κ2) is 4.07. The van der Waals surface area contributed by atoms with Crippen molar-refractivity contribution in [2.45, 2.75) is 6.42 Å². The van der Waals surface area contributed by atoms with Gasteiger partial charge in [-0.05, 0) is 12.0 Å². The van der Waals surface area contributed by atoms with Crippen LogP contribution in [0.5, 0.6) is 0 Å². The van der Waals surface area contributed by atoms with Gasteiger partial charge in [-0.15, -0.1) is 0 Å². The molecule has 1 aromatic carbocycles. The second-order valence-electron chi connectivity index (χ2n) is 2.15. The molecule has 0 aliphatic heterocycles. The van der Waals surface area contributed by atoms with Gasteiger partial charge >= 0.3 is 0 Å². The quantitative estimate of drug-likeness (QED) is 0.619. The molecular weight excluding hydrogens is 124 g/mol. The lowest BCUT2D eigenvalue weighted by atomic mass is 10.2. The van der Waals surface area contributed by atoms with Crippen molar-refractivity contribution < 1.29 is 6.11 Å². The van der Waals surface area contributed by atoms with Crippen LogP contribution in [0.4, 0.5) is 0 Å². The molecule has 0 atom stereocenters. The second-order valence-corrected chi connectivity index (χ2v) is 2.15. The topological polar surface area (TPSA) is 9.23 Å². The highest BCUT2D eigenvalue weighted by molar-refractivity contribution is 5.14. The summed E-state index contributed by atoms with van der Waals surface area (Å²) in [5.41, 5.74) is 1.22. The largest absolute Gasteiger partial charge is 0.384 e. The first-order chi connectivity index (χ1) is 5.33. The van der Waals surface area contributed by atoms with Gasteiger partial charge in [0.2, 0.25) is 0 Å². The van der Waals surface area contributed by atoms with E-state index in [-0.39, 0.29) is 0 Å². The Balaban J connectivity index is 2.52. The number of hydrogen-bond donors (Lipinski definition) is 0. The molecule has 0 amide bonds. The Hall–Kier alpha value is -0.820. The van der Waals surface area contributed by atoms with Crippen LogP contribution in [0.15, 0.2) is 30.3 Å². The number of rotatable bonds is 3. The number of hydrogen-bond acceptors (Lipinski definition) is 1. The summed E-state index contributed by atoms with van der Waals surface area (Å²) in [6, 6.07) is 8.07. The van der Waals surface area contributed by atoms with E-state index in [2.05, 4.69) is 0 Å². The maximum Gasteiger partial charge on any atom is 0.0623 e. The Morgan fingerprint density at radius 1 is 1.50 bits per heavy atom. The predicted molar refractivity (Wildman–Crippen MR) is 42.0 cm³/mol. The summed E-state index contributed by atoms with van der Waals surface area (Å²) >= 11 is 0.